The SMILES string of the molecule is CC(C)(C)NCC1CCOC1c1cccc(Cl)c1F. The summed E-state index contributed by atoms with van der Waals surface area (Å²) in [7, 11) is 0. The van der Waals surface area contributed by atoms with Crippen LogP contribution in [0.15, 0.2) is 18.2 Å². The van der Waals surface area contributed by atoms with Crippen LogP contribution in [0.1, 0.15) is 38.9 Å². The molecule has 1 heterocycles. The molecule has 0 aromatic heterocycles. The summed E-state index contributed by atoms with van der Waals surface area (Å²) in [6.07, 6.45) is 0.744. The topological polar surface area (TPSA) is 21.3 Å². The number of benzene rings is 1. The van der Waals surface area contributed by atoms with Crippen LogP contribution in [0.3, 0.4) is 0 Å². The molecule has 1 fully saturated rings. The molecule has 2 atom stereocenters. The fourth-order valence-corrected chi connectivity index (χ4v) is 2.55. The van der Waals surface area contributed by atoms with E-state index in [0.717, 1.165) is 13.0 Å². The lowest BCUT2D eigenvalue weighted by Crippen LogP contribution is -2.39. The van der Waals surface area contributed by atoms with Crippen LogP contribution in [0.4, 0.5) is 4.39 Å². The highest BCUT2D eigenvalue weighted by Crippen LogP contribution is 2.37. The Morgan fingerprint density at radius 2 is 2.16 bits per heavy atom. The van der Waals surface area contributed by atoms with Crippen molar-refractivity contribution in [2.75, 3.05) is 13.2 Å². The predicted octanol–water partition coefficient (Wildman–Crippen LogP) is 3.94. The average molecular weight is 286 g/mol. The molecule has 1 aliphatic rings. The summed E-state index contributed by atoms with van der Waals surface area (Å²) in [5.41, 5.74) is 0.630. The molecule has 106 valence electrons. The molecular weight excluding hydrogens is 265 g/mol. The normalized spacial score (nSPS) is 23.8. The van der Waals surface area contributed by atoms with Gasteiger partial charge in [0.2, 0.25) is 0 Å². The first-order chi connectivity index (χ1) is 8.88. The molecule has 1 aromatic carbocycles. The smallest absolute Gasteiger partial charge is 0.147 e. The summed E-state index contributed by atoms with van der Waals surface area (Å²) >= 11 is 5.84. The number of hydrogen-bond acceptors (Lipinski definition) is 2. The van der Waals surface area contributed by atoms with Gasteiger partial charge in [-0.3, -0.25) is 0 Å². The molecule has 4 heteroatoms. The lowest BCUT2D eigenvalue weighted by atomic mass is 9.94. The zero-order valence-electron chi connectivity index (χ0n) is 11.7. The Hall–Kier alpha value is -0.640. The van der Waals surface area contributed by atoms with Crippen molar-refractivity contribution in [3.05, 3.63) is 34.6 Å². The van der Waals surface area contributed by atoms with Gasteiger partial charge in [0, 0.05) is 30.2 Å². The van der Waals surface area contributed by atoms with Gasteiger partial charge in [-0.15, -0.1) is 0 Å². The molecule has 1 aromatic rings. The van der Waals surface area contributed by atoms with E-state index in [1.165, 1.54) is 0 Å². The number of hydrogen-bond donors (Lipinski definition) is 1. The second kappa shape index (κ2) is 5.78. The summed E-state index contributed by atoms with van der Waals surface area (Å²) in [6.45, 7) is 7.86. The molecular formula is C15H21ClFNO. The lowest BCUT2D eigenvalue weighted by Gasteiger charge is -2.26. The first-order valence-electron chi connectivity index (χ1n) is 6.69. The van der Waals surface area contributed by atoms with Gasteiger partial charge in [0.1, 0.15) is 5.82 Å². The first-order valence-corrected chi connectivity index (χ1v) is 7.07. The fraction of sp³-hybridized carbons (Fsp3) is 0.600. The third-order valence-electron chi connectivity index (χ3n) is 3.40. The van der Waals surface area contributed by atoms with E-state index in [1.54, 1.807) is 18.2 Å². The van der Waals surface area contributed by atoms with Crippen LogP contribution in [0.25, 0.3) is 0 Å². The van der Waals surface area contributed by atoms with Crippen molar-refractivity contribution in [3.8, 4) is 0 Å². The van der Waals surface area contributed by atoms with Crippen molar-refractivity contribution in [3.63, 3.8) is 0 Å². The largest absolute Gasteiger partial charge is 0.373 e. The summed E-state index contributed by atoms with van der Waals surface area (Å²) in [6, 6.07) is 5.11. The molecule has 2 rings (SSSR count). The minimum absolute atomic E-state index is 0.0556. The highest BCUT2D eigenvalue weighted by molar-refractivity contribution is 6.30. The van der Waals surface area contributed by atoms with E-state index in [-0.39, 0.29) is 28.4 Å². The van der Waals surface area contributed by atoms with Crippen molar-refractivity contribution in [2.24, 2.45) is 5.92 Å². The quantitative estimate of drug-likeness (QED) is 0.908. The number of ether oxygens (including phenoxy) is 1. The maximum Gasteiger partial charge on any atom is 0.147 e. The molecule has 2 unspecified atom stereocenters. The van der Waals surface area contributed by atoms with Gasteiger partial charge >= 0.3 is 0 Å². The minimum atomic E-state index is -0.350. The molecule has 19 heavy (non-hydrogen) atoms. The van der Waals surface area contributed by atoms with E-state index in [0.29, 0.717) is 12.2 Å². The van der Waals surface area contributed by atoms with E-state index < -0.39 is 0 Å². The monoisotopic (exact) mass is 285 g/mol. The van der Waals surface area contributed by atoms with Crippen LogP contribution < -0.4 is 5.32 Å². The lowest BCUT2D eigenvalue weighted by molar-refractivity contribution is 0.0859. The van der Waals surface area contributed by atoms with E-state index in [1.807, 2.05) is 0 Å². The van der Waals surface area contributed by atoms with E-state index in [9.17, 15) is 4.39 Å². The Morgan fingerprint density at radius 1 is 1.42 bits per heavy atom. The maximum atomic E-state index is 14.1. The highest BCUT2D eigenvalue weighted by Gasteiger charge is 2.32. The minimum Gasteiger partial charge on any atom is -0.373 e. The second-order valence-corrected chi connectivity index (χ2v) is 6.52. The van der Waals surface area contributed by atoms with E-state index >= 15 is 0 Å². The van der Waals surface area contributed by atoms with Crippen molar-refractivity contribution in [2.45, 2.75) is 38.8 Å². The Bertz CT molecular complexity index is 444. The van der Waals surface area contributed by atoms with Crippen LogP contribution in [-0.4, -0.2) is 18.7 Å². The second-order valence-electron chi connectivity index (χ2n) is 6.11. The molecule has 2 nitrogen and oxygen atoms in total. The summed E-state index contributed by atoms with van der Waals surface area (Å²) in [5.74, 6) is -0.0657. The van der Waals surface area contributed by atoms with Crippen LogP contribution in [-0.2, 0) is 4.74 Å². The molecule has 0 saturated carbocycles. The molecule has 1 aliphatic heterocycles. The van der Waals surface area contributed by atoms with E-state index in [2.05, 4.69) is 26.1 Å². The molecule has 1 saturated heterocycles. The van der Waals surface area contributed by atoms with Crippen LogP contribution in [0.5, 0.6) is 0 Å². The first kappa shape index (κ1) is 14.8. The third kappa shape index (κ3) is 3.68. The molecule has 0 amide bonds. The van der Waals surface area contributed by atoms with Gasteiger partial charge in [-0.2, -0.15) is 0 Å². The molecule has 0 bridgehead atoms. The standard InChI is InChI=1S/C15H21ClFNO/c1-15(2,3)18-9-10-7-8-19-14(10)11-5-4-6-12(16)13(11)17/h4-6,10,14,18H,7-9H2,1-3H3. The van der Waals surface area contributed by atoms with Crippen molar-refractivity contribution in [1.29, 1.82) is 0 Å². The Balaban J connectivity index is 2.12. The molecule has 0 spiro atoms. The van der Waals surface area contributed by atoms with Crippen molar-refractivity contribution < 1.29 is 9.13 Å². The zero-order valence-corrected chi connectivity index (χ0v) is 12.4. The number of rotatable bonds is 3. The number of halogens is 2. The van der Waals surface area contributed by atoms with Crippen molar-refractivity contribution in [1.82, 2.24) is 5.32 Å². The van der Waals surface area contributed by atoms with Gasteiger partial charge in [-0.05, 0) is 33.3 Å². The maximum absolute atomic E-state index is 14.1. The van der Waals surface area contributed by atoms with Gasteiger partial charge in [-0.1, -0.05) is 23.7 Å². The highest BCUT2D eigenvalue weighted by atomic mass is 35.5. The zero-order chi connectivity index (χ0) is 14.0. The Morgan fingerprint density at radius 3 is 2.84 bits per heavy atom. The average Bonchev–Trinajstić information content (AvgIpc) is 2.77. The van der Waals surface area contributed by atoms with Gasteiger partial charge in [-0.25, -0.2) is 4.39 Å². The van der Waals surface area contributed by atoms with E-state index in [4.69, 9.17) is 16.3 Å². The van der Waals surface area contributed by atoms with Crippen molar-refractivity contribution >= 4 is 11.6 Å². The summed E-state index contributed by atoms with van der Waals surface area (Å²) in [5, 5.41) is 3.62. The Kier molecular flexibility index (Phi) is 4.49. The van der Waals surface area contributed by atoms with Gasteiger partial charge < -0.3 is 10.1 Å². The predicted molar refractivity (Wildman–Crippen MR) is 76.0 cm³/mol. The van der Waals surface area contributed by atoms with Gasteiger partial charge in [0.25, 0.3) is 0 Å². The molecule has 1 N–H and O–H groups in total. The molecule has 0 aliphatic carbocycles. The van der Waals surface area contributed by atoms with Gasteiger partial charge in [0.05, 0.1) is 11.1 Å². The summed E-state index contributed by atoms with van der Waals surface area (Å²) < 4.78 is 19.8. The number of nitrogens with one attached hydrogen (secondary N) is 1. The molecule has 0 radical (unpaired) electrons. The van der Waals surface area contributed by atoms with Gasteiger partial charge in [0.15, 0.2) is 0 Å². The summed E-state index contributed by atoms with van der Waals surface area (Å²) in [4.78, 5) is 0. The van der Waals surface area contributed by atoms with Crippen LogP contribution in [0, 0.1) is 11.7 Å². The third-order valence-corrected chi connectivity index (χ3v) is 3.69. The Labute approximate surface area is 119 Å². The van der Waals surface area contributed by atoms with Crippen LogP contribution in [0.2, 0.25) is 5.02 Å². The van der Waals surface area contributed by atoms with Crippen LogP contribution >= 0.6 is 11.6 Å². The fourth-order valence-electron chi connectivity index (χ4n) is 2.36.